The fourth-order valence-corrected chi connectivity index (χ4v) is 1.83. The Morgan fingerprint density at radius 3 is 2.50 bits per heavy atom. The molecule has 0 aliphatic carbocycles. The van der Waals surface area contributed by atoms with Crippen LogP contribution >= 0.6 is 0 Å². The lowest BCUT2D eigenvalue weighted by Crippen LogP contribution is -2.51. The number of nitrogens with zero attached hydrogens (tertiary/aromatic N) is 3. The Bertz CT molecular complexity index is 611. The standard InChI is InChI=1S/C13H11N3O4/c1-2-8-13(20,9-6-4-3-5-7-9)16-12(19)10(17)11(18)14-15-16/h2-7,20H,1,8H2. The highest BCUT2D eigenvalue weighted by atomic mass is 16.3. The lowest BCUT2D eigenvalue weighted by molar-refractivity contribution is -0.173. The summed E-state index contributed by atoms with van der Waals surface area (Å²) in [7, 11) is 0. The van der Waals surface area contributed by atoms with Gasteiger partial charge in [-0.2, -0.15) is 5.01 Å². The Hall–Kier alpha value is -2.67. The summed E-state index contributed by atoms with van der Waals surface area (Å²) >= 11 is 0. The molecule has 1 unspecified atom stereocenters. The first-order valence-electron chi connectivity index (χ1n) is 5.74. The summed E-state index contributed by atoms with van der Waals surface area (Å²) in [5.41, 5.74) is -1.59. The number of hydrogen-bond acceptors (Lipinski definition) is 5. The van der Waals surface area contributed by atoms with Crippen LogP contribution in [-0.4, -0.2) is 27.7 Å². The number of Topliss-reactive ketones (excluding diaryl/α,β-unsaturated/α-hetero) is 1. The van der Waals surface area contributed by atoms with Gasteiger partial charge in [0.1, 0.15) is 0 Å². The minimum Gasteiger partial charge on any atom is -0.365 e. The largest absolute Gasteiger partial charge is 0.365 e. The second-order valence-electron chi connectivity index (χ2n) is 4.12. The fraction of sp³-hybridized carbons (Fsp3) is 0.154. The lowest BCUT2D eigenvalue weighted by Gasteiger charge is -2.35. The third-order valence-corrected chi connectivity index (χ3v) is 2.82. The molecular formula is C13H11N3O4. The summed E-state index contributed by atoms with van der Waals surface area (Å²) in [6.07, 6.45) is 1.29. The van der Waals surface area contributed by atoms with E-state index in [1.165, 1.54) is 6.08 Å². The molecule has 0 radical (unpaired) electrons. The van der Waals surface area contributed by atoms with Crippen LogP contribution in [0.3, 0.4) is 0 Å². The number of amides is 2. The van der Waals surface area contributed by atoms with Crippen molar-refractivity contribution < 1.29 is 19.5 Å². The molecule has 1 heterocycles. The van der Waals surface area contributed by atoms with Crippen LogP contribution in [0, 0.1) is 0 Å². The number of carbonyl (C=O) groups excluding carboxylic acids is 3. The van der Waals surface area contributed by atoms with E-state index in [2.05, 4.69) is 16.9 Å². The Labute approximate surface area is 114 Å². The molecular weight excluding hydrogens is 262 g/mol. The number of rotatable bonds is 4. The van der Waals surface area contributed by atoms with Gasteiger partial charge < -0.3 is 5.11 Å². The van der Waals surface area contributed by atoms with Crippen LogP contribution in [0.2, 0.25) is 0 Å². The van der Waals surface area contributed by atoms with Crippen molar-refractivity contribution >= 4 is 17.6 Å². The van der Waals surface area contributed by atoms with Crippen molar-refractivity contribution in [1.82, 2.24) is 5.01 Å². The van der Waals surface area contributed by atoms with Crippen LogP contribution in [0.5, 0.6) is 0 Å². The maximum atomic E-state index is 11.8. The molecule has 1 aliphatic rings. The zero-order valence-corrected chi connectivity index (χ0v) is 10.4. The smallest absolute Gasteiger partial charge is 0.343 e. The van der Waals surface area contributed by atoms with Gasteiger partial charge >= 0.3 is 17.6 Å². The summed E-state index contributed by atoms with van der Waals surface area (Å²) in [5.74, 6) is -3.81. The third-order valence-electron chi connectivity index (χ3n) is 2.82. The molecule has 7 nitrogen and oxygen atoms in total. The van der Waals surface area contributed by atoms with Gasteiger partial charge in [-0.3, -0.25) is 14.4 Å². The van der Waals surface area contributed by atoms with Crippen molar-refractivity contribution in [3.8, 4) is 0 Å². The second-order valence-corrected chi connectivity index (χ2v) is 4.12. The van der Waals surface area contributed by atoms with Crippen molar-refractivity contribution in [3.05, 3.63) is 48.6 Å². The predicted molar refractivity (Wildman–Crippen MR) is 66.9 cm³/mol. The van der Waals surface area contributed by atoms with Gasteiger partial charge in [-0.15, -0.1) is 6.58 Å². The number of aliphatic hydroxyl groups is 1. The number of carbonyl (C=O) groups is 3. The maximum absolute atomic E-state index is 11.8. The normalized spacial score (nSPS) is 18.1. The molecule has 7 heteroatoms. The van der Waals surface area contributed by atoms with Crippen LogP contribution in [0.15, 0.2) is 53.3 Å². The Kier molecular flexibility index (Phi) is 3.53. The SMILES string of the molecule is C=CCC(O)(c1ccccc1)N1N=NC(=O)C(=O)C1=O. The van der Waals surface area contributed by atoms with E-state index in [0.717, 1.165) is 0 Å². The molecule has 20 heavy (non-hydrogen) atoms. The highest BCUT2D eigenvalue weighted by molar-refractivity contribution is 6.63. The predicted octanol–water partition coefficient (Wildman–Crippen LogP) is 0.713. The first kappa shape index (κ1) is 13.8. The summed E-state index contributed by atoms with van der Waals surface area (Å²) in [4.78, 5) is 34.2. The summed E-state index contributed by atoms with van der Waals surface area (Å²) < 4.78 is 0. The van der Waals surface area contributed by atoms with Crippen molar-refractivity contribution in [1.29, 1.82) is 0 Å². The molecule has 1 atom stereocenters. The Balaban J connectivity index is 2.51. The third kappa shape index (κ3) is 2.14. The van der Waals surface area contributed by atoms with Crippen LogP contribution in [0.4, 0.5) is 0 Å². The van der Waals surface area contributed by atoms with Crippen molar-refractivity contribution in [2.24, 2.45) is 10.3 Å². The number of hydrogen-bond donors (Lipinski definition) is 1. The molecule has 1 aromatic carbocycles. The van der Waals surface area contributed by atoms with E-state index in [9.17, 15) is 19.5 Å². The number of benzene rings is 1. The van der Waals surface area contributed by atoms with Crippen molar-refractivity contribution in [2.75, 3.05) is 0 Å². The topological polar surface area (TPSA) is 99.4 Å². The first-order valence-corrected chi connectivity index (χ1v) is 5.74. The van der Waals surface area contributed by atoms with E-state index in [0.29, 0.717) is 10.6 Å². The fourth-order valence-electron chi connectivity index (χ4n) is 1.83. The average Bonchev–Trinajstić information content (AvgIpc) is 2.46. The second kappa shape index (κ2) is 5.14. The molecule has 2 amide bonds. The average molecular weight is 273 g/mol. The van der Waals surface area contributed by atoms with Gasteiger partial charge in [0.2, 0.25) is 0 Å². The molecule has 0 bridgehead atoms. The van der Waals surface area contributed by atoms with E-state index in [-0.39, 0.29) is 6.42 Å². The minimum absolute atomic E-state index is 0.0801. The van der Waals surface area contributed by atoms with Gasteiger partial charge in [0.15, 0.2) is 5.72 Å². The summed E-state index contributed by atoms with van der Waals surface area (Å²) in [6, 6.07) is 8.16. The molecule has 0 fully saturated rings. The van der Waals surface area contributed by atoms with Gasteiger partial charge in [-0.25, -0.2) is 0 Å². The van der Waals surface area contributed by atoms with Gasteiger partial charge in [-0.1, -0.05) is 46.7 Å². The van der Waals surface area contributed by atoms with Crippen LogP contribution in [-0.2, 0) is 20.1 Å². The van der Waals surface area contributed by atoms with Gasteiger partial charge in [0.25, 0.3) is 0 Å². The zero-order valence-electron chi connectivity index (χ0n) is 10.4. The first-order chi connectivity index (χ1) is 9.50. The van der Waals surface area contributed by atoms with Crippen LogP contribution in [0.25, 0.3) is 0 Å². The molecule has 0 saturated carbocycles. The maximum Gasteiger partial charge on any atom is 0.343 e. The van der Waals surface area contributed by atoms with E-state index in [4.69, 9.17) is 0 Å². The van der Waals surface area contributed by atoms with E-state index >= 15 is 0 Å². The lowest BCUT2D eigenvalue weighted by atomic mass is 9.98. The van der Waals surface area contributed by atoms with E-state index in [1.54, 1.807) is 30.3 Å². The van der Waals surface area contributed by atoms with Gasteiger partial charge in [0, 0.05) is 12.0 Å². The molecule has 1 N–H and O–H groups in total. The highest BCUT2D eigenvalue weighted by Gasteiger charge is 2.45. The zero-order chi connectivity index (χ0) is 14.8. The molecule has 1 aromatic rings. The molecule has 102 valence electrons. The highest BCUT2D eigenvalue weighted by Crippen LogP contribution is 2.31. The summed E-state index contributed by atoms with van der Waals surface area (Å²) in [6.45, 7) is 3.50. The van der Waals surface area contributed by atoms with Gasteiger partial charge in [0.05, 0.1) is 0 Å². The van der Waals surface area contributed by atoms with Gasteiger partial charge in [-0.05, 0) is 0 Å². The molecule has 2 rings (SSSR count). The van der Waals surface area contributed by atoms with Crippen LogP contribution < -0.4 is 0 Å². The van der Waals surface area contributed by atoms with E-state index < -0.39 is 23.3 Å². The molecule has 1 aliphatic heterocycles. The summed E-state index contributed by atoms with van der Waals surface area (Å²) in [5, 5.41) is 17.6. The molecule has 0 spiro atoms. The number of ketones is 1. The minimum atomic E-state index is -1.92. The van der Waals surface area contributed by atoms with E-state index in [1.807, 2.05) is 0 Å². The molecule has 0 saturated heterocycles. The van der Waals surface area contributed by atoms with Crippen molar-refractivity contribution in [3.63, 3.8) is 0 Å². The Morgan fingerprint density at radius 1 is 1.25 bits per heavy atom. The Morgan fingerprint density at radius 2 is 1.90 bits per heavy atom. The van der Waals surface area contributed by atoms with Crippen LogP contribution in [0.1, 0.15) is 12.0 Å². The quantitative estimate of drug-likeness (QED) is 0.645. The monoisotopic (exact) mass is 273 g/mol. The molecule has 0 aromatic heterocycles. The van der Waals surface area contributed by atoms with Crippen molar-refractivity contribution in [2.45, 2.75) is 12.1 Å².